The topological polar surface area (TPSA) is 26.3 Å². The van der Waals surface area contributed by atoms with Crippen molar-refractivity contribution in [3.8, 4) is 5.75 Å². The minimum Gasteiger partial charge on any atom is -0.493 e. The third-order valence-electron chi connectivity index (χ3n) is 1.92. The first-order chi connectivity index (χ1) is 6.56. The Morgan fingerprint density at radius 2 is 2.14 bits per heavy atom. The first-order valence-corrected chi connectivity index (χ1v) is 5.29. The van der Waals surface area contributed by atoms with E-state index in [4.69, 9.17) is 4.74 Å². The summed E-state index contributed by atoms with van der Waals surface area (Å²) in [6.45, 7) is 5.93. The summed E-state index contributed by atoms with van der Waals surface area (Å²) in [7, 11) is 0. The number of ether oxygens (including phenoxy) is 1. The molecule has 0 aliphatic rings. The van der Waals surface area contributed by atoms with E-state index < -0.39 is 0 Å². The van der Waals surface area contributed by atoms with Gasteiger partial charge in [0.15, 0.2) is 5.78 Å². The maximum Gasteiger partial charge on any atom is 0.163 e. The Hall–Kier alpha value is -0.830. The summed E-state index contributed by atoms with van der Waals surface area (Å²) in [5.74, 6) is 0.699. The molecule has 0 aromatic heterocycles. The smallest absolute Gasteiger partial charge is 0.163 e. The third kappa shape index (κ3) is 2.35. The number of ketones is 1. The van der Waals surface area contributed by atoms with Crippen molar-refractivity contribution >= 4 is 21.7 Å². The lowest BCUT2D eigenvalue weighted by Gasteiger charge is -2.11. The van der Waals surface area contributed by atoms with Crippen LogP contribution >= 0.6 is 15.9 Å². The van der Waals surface area contributed by atoms with Gasteiger partial charge in [-0.05, 0) is 38.5 Å². The minimum atomic E-state index is 0.0402. The molecule has 0 aliphatic carbocycles. The molecule has 1 aromatic carbocycles. The van der Waals surface area contributed by atoms with Crippen LogP contribution in [0.1, 0.15) is 29.8 Å². The van der Waals surface area contributed by atoms with Crippen molar-refractivity contribution in [2.24, 2.45) is 0 Å². The molecule has 3 heteroatoms. The summed E-state index contributed by atoms with van der Waals surface area (Å²) in [5, 5.41) is 0. The van der Waals surface area contributed by atoms with Crippen molar-refractivity contribution in [3.05, 3.63) is 27.7 Å². The van der Waals surface area contributed by atoms with Crippen LogP contribution < -0.4 is 4.74 Å². The largest absolute Gasteiger partial charge is 0.493 e. The van der Waals surface area contributed by atoms with Crippen LogP contribution in [0.3, 0.4) is 0 Å². The molecule has 14 heavy (non-hydrogen) atoms. The van der Waals surface area contributed by atoms with Gasteiger partial charge in [0.1, 0.15) is 5.75 Å². The van der Waals surface area contributed by atoms with Gasteiger partial charge >= 0.3 is 0 Å². The number of halogens is 1. The molecule has 0 unspecified atom stereocenters. The lowest BCUT2D eigenvalue weighted by atomic mass is 10.0. The van der Waals surface area contributed by atoms with Gasteiger partial charge < -0.3 is 4.74 Å². The second-order valence-electron chi connectivity index (χ2n) is 3.09. The Labute approximate surface area is 92.4 Å². The number of hydrogen-bond acceptors (Lipinski definition) is 2. The van der Waals surface area contributed by atoms with E-state index in [9.17, 15) is 4.79 Å². The van der Waals surface area contributed by atoms with Gasteiger partial charge in [0.2, 0.25) is 0 Å². The SMILES string of the molecule is CCOc1cc(Br)cc(C)c1C(C)=O. The minimum absolute atomic E-state index is 0.0402. The van der Waals surface area contributed by atoms with E-state index in [1.165, 1.54) is 0 Å². The van der Waals surface area contributed by atoms with Crippen molar-refractivity contribution in [2.45, 2.75) is 20.8 Å². The normalized spacial score (nSPS) is 10.0. The molecule has 0 fully saturated rings. The molecular weight excluding hydrogens is 244 g/mol. The molecule has 0 N–H and O–H groups in total. The molecule has 2 nitrogen and oxygen atoms in total. The summed E-state index contributed by atoms with van der Waals surface area (Å²) in [6.07, 6.45) is 0. The average Bonchev–Trinajstić information content (AvgIpc) is 2.01. The number of carbonyl (C=O) groups excluding carboxylic acids is 1. The molecule has 0 saturated heterocycles. The van der Waals surface area contributed by atoms with Crippen molar-refractivity contribution in [2.75, 3.05) is 6.61 Å². The number of hydrogen-bond donors (Lipinski definition) is 0. The highest BCUT2D eigenvalue weighted by molar-refractivity contribution is 9.10. The van der Waals surface area contributed by atoms with E-state index in [1.54, 1.807) is 6.92 Å². The van der Waals surface area contributed by atoms with Gasteiger partial charge in [-0.25, -0.2) is 0 Å². The number of aryl methyl sites for hydroxylation is 1. The summed E-state index contributed by atoms with van der Waals surface area (Å²) >= 11 is 3.37. The molecule has 0 bridgehead atoms. The average molecular weight is 257 g/mol. The molecule has 0 heterocycles. The molecule has 76 valence electrons. The van der Waals surface area contributed by atoms with Crippen LogP contribution in [-0.4, -0.2) is 12.4 Å². The second-order valence-corrected chi connectivity index (χ2v) is 4.00. The maximum absolute atomic E-state index is 11.4. The van der Waals surface area contributed by atoms with Crippen molar-refractivity contribution in [3.63, 3.8) is 0 Å². The summed E-state index contributed by atoms with van der Waals surface area (Å²) in [6, 6.07) is 3.74. The van der Waals surface area contributed by atoms with Crippen LogP contribution in [0.5, 0.6) is 5.75 Å². The van der Waals surface area contributed by atoms with E-state index in [-0.39, 0.29) is 5.78 Å². The van der Waals surface area contributed by atoms with Crippen LogP contribution in [-0.2, 0) is 0 Å². The molecule has 0 aliphatic heterocycles. The molecular formula is C11H13BrO2. The molecule has 1 aromatic rings. The van der Waals surface area contributed by atoms with Gasteiger partial charge in [-0.2, -0.15) is 0 Å². The maximum atomic E-state index is 11.4. The first-order valence-electron chi connectivity index (χ1n) is 4.50. The standard InChI is InChI=1S/C11H13BrO2/c1-4-14-10-6-9(12)5-7(2)11(10)8(3)13/h5-6H,4H2,1-3H3. The van der Waals surface area contributed by atoms with Gasteiger partial charge in [-0.3, -0.25) is 4.79 Å². The van der Waals surface area contributed by atoms with E-state index >= 15 is 0 Å². The fraction of sp³-hybridized carbons (Fsp3) is 0.364. The summed E-state index contributed by atoms with van der Waals surface area (Å²) in [4.78, 5) is 11.4. The molecule has 0 spiro atoms. The fourth-order valence-electron chi connectivity index (χ4n) is 1.43. The van der Waals surface area contributed by atoms with E-state index in [0.29, 0.717) is 17.9 Å². The Morgan fingerprint density at radius 3 is 2.64 bits per heavy atom. The second kappa shape index (κ2) is 4.60. The Morgan fingerprint density at radius 1 is 1.50 bits per heavy atom. The number of rotatable bonds is 3. The van der Waals surface area contributed by atoms with Gasteiger partial charge in [0.05, 0.1) is 12.2 Å². The van der Waals surface area contributed by atoms with Crippen LogP contribution in [0.2, 0.25) is 0 Å². The van der Waals surface area contributed by atoms with Gasteiger partial charge in [-0.1, -0.05) is 15.9 Å². The van der Waals surface area contributed by atoms with Crippen LogP contribution in [0.15, 0.2) is 16.6 Å². The van der Waals surface area contributed by atoms with E-state index in [1.807, 2.05) is 26.0 Å². The van der Waals surface area contributed by atoms with Gasteiger partial charge in [0, 0.05) is 4.47 Å². The van der Waals surface area contributed by atoms with Crippen molar-refractivity contribution < 1.29 is 9.53 Å². The highest BCUT2D eigenvalue weighted by atomic mass is 79.9. The van der Waals surface area contributed by atoms with E-state index in [2.05, 4.69) is 15.9 Å². The molecule has 1 rings (SSSR count). The first kappa shape index (κ1) is 11.2. The number of Topliss-reactive ketones (excluding diaryl/α,β-unsaturated/α-hetero) is 1. The molecule has 0 amide bonds. The van der Waals surface area contributed by atoms with Crippen LogP contribution in [0.25, 0.3) is 0 Å². The van der Waals surface area contributed by atoms with Crippen LogP contribution in [0.4, 0.5) is 0 Å². The molecule has 0 radical (unpaired) electrons. The van der Waals surface area contributed by atoms with Crippen molar-refractivity contribution in [1.82, 2.24) is 0 Å². The van der Waals surface area contributed by atoms with E-state index in [0.717, 1.165) is 10.0 Å². The molecule has 0 atom stereocenters. The number of benzene rings is 1. The Balaban J connectivity index is 3.28. The highest BCUT2D eigenvalue weighted by Crippen LogP contribution is 2.27. The number of carbonyl (C=O) groups is 1. The summed E-state index contributed by atoms with van der Waals surface area (Å²) in [5.41, 5.74) is 1.62. The lowest BCUT2D eigenvalue weighted by molar-refractivity contribution is 0.101. The van der Waals surface area contributed by atoms with Gasteiger partial charge in [-0.15, -0.1) is 0 Å². The van der Waals surface area contributed by atoms with Crippen molar-refractivity contribution in [1.29, 1.82) is 0 Å². The lowest BCUT2D eigenvalue weighted by Crippen LogP contribution is -2.03. The Bertz CT molecular complexity index is 359. The highest BCUT2D eigenvalue weighted by Gasteiger charge is 2.12. The fourth-order valence-corrected chi connectivity index (χ4v) is 1.98. The predicted molar refractivity (Wildman–Crippen MR) is 60.1 cm³/mol. The zero-order chi connectivity index (χ0) is 10.7. The molecule has 0 saturated carbocycles. The Kier molecular flexibility index (Phi) is 3.69. The van der Waals surface area contributed by atoms with Gasteiger partial charge in [0.25, 0.3) is 0 Å². The predicted octanol–water partition coefficient (Wildman–Crippen LogP) is 3.36. The monoisotopic (exact) mass is 256 g/mol. The summed E-state index contributed by atoms with van der Waals surface area (Å²) < 4.78 is 6.34. The zero-order valence-electron chi connectivity index (χ0n) is 8.56. The zero-order valence-corrected chi connectivity index (χ0v) is 10.1. The third-order valence-corrected chi connectivity index (χ3v) is 2.37. The van der Waals surface area contributed by atoms with Crippen LogP contribution in [0, 0.1) is 6.92 Å². The quantitative estimate of drug-likeness (QED) is 0.776.